The summed E-state index contributed by atoms with van der Waals surface area (Å²) >= 11 is 0. The monoisotopic (exact) mass is 416 g/mol. The van der Waals surface area contributed by atoms with Crippen molar-refractivity contribution < 1.29 is 4.74 Å². The molecule has 9 heteroatoms. The van der Waals surface area contributed by atoms with Crippen LogP contribution in [0.4, 0.5) is 17.7 Å². The van der Waals surface area contributed by atoms with Crippen LogP contribution in [0.1, 0.15) is 18.9 Å². The fourth-order valence-electron chi connectivity index (χ4n) is 4.35. The van der Waals surface area contributed by atoms with Gasteiger partial charge in [-0.2, -0.15) is 10.2 Å². The SMILES string of the molecule is CC1=CC(C#N)CC=C1N1CCc2c(-c3cnc(N)nc3)nc(N3CCOCC3)nc21. The van der Waals surface area contributed by atoms with Crippen LogP contribution >= 0.6 is 0 Å². The highest BCUT2D eigenvalue weighted by atomic mass is 16.5. The number of hydrogen-bond donors (Lipinski definition) is 1. The lowest BCUT2D eigenvalue weighted by Crippen LogP contribution is -2.37. The molecule has 4 heterocycles. The third-order valence-electron chi connectivity index (χ3n) is 5.93. The molecule has 0 amide bonds. The van der Waals surface area contributed by atoms with Crippen molar-refractivity contribution in [1.82, 2.24) is 19.9 Å². The molecule has 0 radical (unpaired) electrons. The molecule has 0 saturated carbocycles. The van der Waals surface area contributed by atoms with Crippen molar-refractivity contribution in [3.05, 3.63) is 41.4 Å². The van der Waals surface area contributed by atoms with E-state index in [-0.39, 0.29) is 11.9 Å². The summed E-state index contributed by atoms with van der Waals surface area (Å²) in [6.07, 6.45) is 9.19. The fraction of sp³-hybridized carbons (Fsp3) is 0.409. The molecule has 0 aromatic carbocycles. The highest BCUT2D eigenvalue weighted by Crippen LogP contribution is 2.39. The van der Waals surface area contributed by atoms with Gasteiger partial charge in [0.1, 0.15) is 5.82 Å². The maximum absolute atomic E-state index is 9.29. The van der Waals surface area contributed by atoms with Crippen LogP contribution in [0.2, 0.25) is 0 Å². The predicted octanol–water partition coefficient (Wildman–Crippen LogP) is 2.09. The van der Waals surface area contributed by atoms with Gasteiger partial charge >= 0.3 is 0 Å². The van der Waals surface area contributed by atoms with Crippen molar-refractivity contribution in [1.29, 1.82) is 5.26 Å². The van der Waals surface area contributed by atoms with Crippen LogP contribution in [-0.4, -0.2) is 52.8 Å². The number of nitrogens with two attached hydrogens (primary N) is 1. The minimum atomic E-state index is -0.0670. The highest BCUT2D eigenvalue weighted by Gasteiger charge is 2.31. The summed E-state index contributed by atoms with van der Waals surface area (Å²) in [4.78, 5) is 22.7. The van der Waals surface area contributed by atoms with Gasteiger partial charge in [-0.25, -0.2) is 15.0 Å². The Bertz CT molecular complexity index is 1100. The van der Waals surface area contributed by atoms with Crippen LogP contribution in [0, 0.1) is 17.2 Å². The average Bonchev–Trinajstić information content (AvgIpc) is 3.23. The van der Waals surface area contributed by atoms with E-state index in [2.05, 4.69) is 38.8 Å². The summed E-state index contributed by atoms with van der Waals surface area (Å²) in [7, 11) is 0. The van der Waals surface area contributed by atoms with Crippen LogP contribution in [0.25, 0.3) is 11.3 Å². The first-order chi connectivity index (χ1) is 15.1. The second-order valence-electron chi connectivity index (χ2n) is 7.92. The zero-order valence-corrected chi connectivity index (χ0v) is 17.5. The molecule has 3 aliphatic rings. The first-order valence-electron chi connectivity index (χ1n) is 10.5. The normalized spacial score (nSPS) is 20.7. The average molecular weight is 416 g/mol. The van der Waals surface area contributed by atoms with E-state index >= 15 is 0 Å². The van der Waals surface area contributed by atoms with Gasteiger partial charge in [0.15, 0.2) is 0 Å². The van der Waals surface area contributed by atoms with Crippen LogP contribution in [-0.2, 0) is 11.2 Å². The minimum Gasteiger partial charge on any atom is -0.378 e. The summed E-state index contributed by atoms with van der Waals surface area (Å²) in [5.41, 5.74) is 10.7. The number of allylic oxidation sites excluding steroid dienone is 3. The molecule has 9 nitrogen and oxygen atoms in total. The van der Waals surface area contributed by atoms with Gasteiger partial charge < -0.3 is 20.3 Å². The zero-order chi connectivity index (χ0) is 21.4. The van der Waals surface area contributed by atoms with E-state index in [1.807, 2.05) is 6.08 Å². The number of rotatable bonds is 3. The number of ether oxygens (including phenoxy) is 1. The van der Waals surface area contributed by atoms with Crippen LogP contribution < -0.4 is 15.5 Å². The second-order valence-corrected chi connectivity index (χ2v) is 7.92. The molecule has 1 atom stereocenters. The first-order valence-corrected chi connectivity index (χ1v) is 10.5. The topological polar surface area (TPSA) is 117 Å². The Kier molecular flexibility index (Phi) is 5.00. The number of hydrogen-bond acceptors (Lipinski definition) is 9. The molecular formula is C22H24N8O. The number of anilines is 3. The van der Waals surface area contributed by atoms with Gasteiger partial charge in [-0.05, 0) is 25.3 Å². The first kappa shape index (κ1) is 19.5. The third-order valence-corrected chi connectivity index (χ3v) is 5.93. The maximum atomic E-state index is 9.29. The van der Waals surface area contributed by atoms with E-state index in [1.165, 1.54) is 0 Å². The molecule has 2 N–H and O–H groups in total. The molecule has 2 aromatic heterocycles. The van der Waals surface area contributed by atoms with Crippen molar-refractivity contribution in [2.45, 2.75) is 19.8 Å². The standard InChI is InChI=1S/C22H24N8O/c1-14-10-15(11-23)2-3-18(14)30-5-4-17-19(16-12-25-21(24)26-13-16)27-22(28-20(17)30)29-6-8-31-9-7-29/h3,10,12-13,15H,2,4-9H2,1H3,(H2,24,25,26). The molecule has 2 aromatic rings. The molecular weight excluding hydrogens is 392 g/mol. The van der Waals surface area contributed by atoms with Gasteiger partial charge in [0.05, 0.1) is 30.9 Å². The molecule has 158 valence electrons. The van der Waals surface area contributed by atoms with E-state index in [9.17, 15) is 5.26 Å². The van der Waals surface area contributed by atoms with Crippen LogP contribution in [0.15, 0.2) is 35.8 Å². The molecule has 1 saturated heterocycles. The Morgan fingerprint density at radius 1 is 1.16 bits per heavy atom. The lowest BCUT2D eigenvalue weighted by atomic mass is 9.95. The molecule has 0 spiro atoms. The molecule has 5 rings (SSSR count). The molecule has 1 unspecified atom stereocenters. The second kappa shape index (κ2) is 7.96. The molecule has 1 fully saturated rings. The van der Waals surface area contributed by atoms with Crippen LogP contribution in [0.5, 0.6) is 0 Å². The summed E-state index contributed by atoms with van der Waals surface area (Å²) in [5, 5.41) is 9.29. The summed E-state index contributed by atoms with van der Waals surface area (Å²) in [6, 6.07) is 2.34. The summed E-state index contributed by atoms with van der Waals surface area (Å²) in [6.45, 7) is 5.70. The van der Waals surface area contributed by atoms with Gasteiger partial charge in [-0.1, -0.05) is 12.2 Å². The Morgan fingerprint density at radius 2 is 1.94 bits per heavy atom. The Hall–Kier alpha value is -3.51. The number of nitrogens with zero attached hydrogens (tertiary/aromatic N) is 7. The van der Waals surface area contributed by atoms with E-state index < -0.39 is 0 Å². The number of morpholine rings is 1. The summed E-state index contributed by atoms with van der Waals surface area (Å²) in [5.74, 6) is 1.78. The van der Waals surface area contributed by atoms with Crippen molar-refractivity contribution in [3.8, 4) is 17.3 Å². The summed E-state index contributed by atoms with van der Waals surface area (Å²) < 4.78 is 5.51. The maximum Gasteiger partial charge on any atom is 0.228 e. The van der Waals surface area contributed by atoms with E-state index in [0.29, 0.717) is 19.2 Å². The third kappa shape index (κ3) is 3.59. The lowest BCUT2D eigenvalue weighted by Gasteiger charge is -2.29. The zero-order valence-electron chi connectivity index (χ0n) is 17.5. The molecule has 1 aliphatic carbocycles. The Balaban J connectivity index is 1.60. The number of aromatic nitrogens is 4. The highest BCUT2D eigenvalue weighted by molar-refractivity contribution is 5.74. The van der Waals surface area contributed by atoms with Gasteiger partial charge in [-0.15, -0.1) is 0 Å². The van der Waals surface area contributed by atoms with Crippen molar-refractivity contribution in [2.75, 3.05) is 48.4 Å². The number of nitrogen functional groups attached to an aromatic ring is 1. The van der Waals surface area contributed by atoms with Crippen LogP contribution in [0.3, 0.4) is 0 Å². The van der Waals surface area contributed by atoms with Gasteiger partial charge in [-0.3, -0.25) is 0 Å². The number of fused-ring (bicyclic) bond motifs is 1. The van der Waals surface area contributed by atoms with Gasteiger partial charge in [0.25, 0.3) is 0 Å². The molecule has 0 bridgehead atoms. The predicted molar refractivity (Wildman–Crippen MR) is 117 cm³/mol. The van der Waals surface area contributed by atoms with Gasteiger partial charge in [0, 0.05) is 48.9 Å². The fourth-order valence-corrected chi connectivity index (χ4v) is 4.35. The largest absolute Gasteiger partial charge is 0.378 e. The van der Waals surface area contributed by atoms with E-state index in [1.54, 1.807) is 12.4 Å². The van der Waals surface area contributed by atoms with Gasteiger partial charge in [0.2, 0.25) is 11.9 Å². The minimum absolute atomic E-state index is 0.0670. The number of nitriles is 1. The Labute approximate surface area is 180 Å². The van der Waals surface area contributed by atoms with E-state index in [0.717, 1.165) is 66.4 Å². The molecule has 2 aliphatic heterocycles. The van der Waals surface area contributed by atoms with Crippen molar-refractivity contribution in [2.24, 2.45) is 5.92 Å². The van der Waals surface area contributed by atoms with Crippen molar-refractivity contribution >= 4 is 17.7 Å². The Morgan fingerprint density at radius 3 is 2.65 bits per heavy atom. The lowest BCUT2D eigenvalue weighted by molar-refractivity contribution is 0.122. The van der Waals surface area contributed by atoms with Crippen molar-refractivity contribution in [3.63, 3.8) is 0 Å². The quantitative estimate of drug-likeness (QED) is 0.802. The van der Waals surface area contributed by atoms with E-state index in [4.69, 9.17) is 20.4 Å². The smallest absolute Gasteiger partial charge is 0.228 e. The molecule has 31 heavy (non-hydrogen) atoms.